The van der Waals surface area contributed by atoms with Crippen LogP contribution >= 0.6 is 0 Å². The standard InChI is InChI=1S/C17H17F3N2O2/c1-16(17(18,19)20)9-24-14-7-12-11(4-5-15(23)21-12)6-13(14)22(16)8-10-2-3-10/h4-7,10H,2-3,8-9H2,1H3,(H,21,23). The Labute approximate surface area is 136 Å². The van der Waals surface area contributed by atoms with E-state index in [1.807, 2.05) is 0 Å². The smallest absolute Gasteiger partial charge is 0.414 e. The Hall–Kier alpha value is -2.18. The van der Waals surface area contributed by atoms with E-state index in [0.717, 1.165) is 12.8 Å². The molecule has 1 fully saturated rings. The molecular formula is C17H17F3N2O2. The molecule has 1 aromatic heterocycles. The van der Waals surface area contributed by atoms with Crippen LogP contribution in [0, 0.1) is 5.92 Å². The Balaban J connectivity index is 1.88. The summed E-state index contributed by atoms with van der Waals surface area (Å²) in [6.07, 6.45) is -2.48. The molecular weight excluding hydrogens is 321 g/mol. The molecule has 1 atom stereocenters. The number of hydrogen-bond donors (Lipinski definition) is 1. The molecule has 0 saturated heterocycles. The maximum atomic E-state index is 13.7. The van der Waals surface area contributed by atoms with Crippen LogP contribution in [-0.2, 0) is 0 Å². The van der Waals surface area contributed by atoms with Gasteiger partial charge in [-0.15, -0.1) is 0 Å². The number of H-pyrrole nitrogens is 1. The van der Waals surface area contributed by atoms with Crippen LogP contribution in [0.4, 0.5) is 18.9 Å². The number of alkyl halides is 3. The van der Waals surface area contributed by atoms with Crippen molar-refractivity contribution in [3.05, 3.63) is 34.6 Å². The average molecular weight is 338 g/mol. The zero-order valence-electron chi connectivity index (χ0n) is 13.1. The van der Waals surface area contributed by atoms with Crippen LogP contribution in [0.25, 0.3) is 10.9 Å². The summed E-state index contributed by atoms with van der Waals surface area (Å²) in [5, 5.41) is 0.684. The van der Waals surface area contributed by atoms with Crippen molar-refractivity contribution in [1.82, 2.24) is 4.98 Å². The summed E-state index contributed by atoms with van der Waals surface area (Å²) < 4.78 is 46.7. The topological polar surface area (TPSA) is 45.3 Å². The number of nitrogens with zero attached hydrogens (tertiary/aromatic N) is 1. The Morgan fingerprint density at radius 3 is 2.75 bits per heavy atom. The van der Waals surface area contributed by atoms with Gasteiger partial charge in [-0.1, -0.05) is 0 Å². The molecule has 1 aliphatic carbocycles. The minimum atomic E-state index is -4.40. The van der Waals surface area contributed by atoms with Crippen molar-refractivity contribution in [2.75, 3.05) is 18.1 Å². The van der Waals surface area contributed by atoms with Gasteiger partial charge in [0.15, 0.2) is 5.54 Å². The van der Waals surface area contributed by atoms with Gasteiger partial charge in [0, 0.05) is 24.1 Å². The van der Waals surface area contributed by atoms with E-state index in [9.17, 15) is 18.0 Å². The fourth-order valence-corrected chi connectivity index (χ4v) is 3.15. The van der Waals surface area contributed by atoms with Crippen molar-refractivity contribution in [2.24, 2.45) is 5.92 Å². The lowest BCUT2D eigenvalue weighted by Gasteiger charge is -2.47. The quantitative estimate of drug-likeness (QED) is 0.912. The van der Waals surface area contributed by atoms with E-state index in [-0.39, 0.29) is 5.56 Å². The SMILES string of the molecule is CC1(C(F)(F)F)COc2cc3[nH]c(=O)ccc3cc2N1CC1CC1. The highest BCUT2D eigenvalue weighted by Gasteiger charge is 2.58. The molecule has 7 heteroatoms. The van der Waals surface area contributed by atoms with Gasteiger partial charge in [-0.3, -0.25) is 4.79 Å². The number of rotatable bonds is 2. The molecule has 128 valence electrons. The average Bonchev–Trinajstić information content (AvgIpc) is 3.31. The molecule has 1 saturated carbocycles. The van der Waals surface area contributed by atoms with Crippen molar-refractivity contribution in [3.8, 4) is 5.75 Å². The van der Waals surface area contributed by atoms with Gasteiger partial charge in [0.2, 0.25) is 5.56 Å². The molecule has 1 N–H and O–H groups in total. The number of halogens is 3. The third kappa shape index (κ3) is 2.34. The van der Waals surface area contributed by atoms with Crippen molar-refractivity contribution >= 4 is 16.6 Å². The van der Waals surface area contributed by atoms with E-state index in [1.165, 1.54) is 17.9 Å². The number of aromatic nitrogens is 1. The molecule has 0 amide bonds. The fraction of sp³-hybridized carbons (Fsp3) is 0.471. The summed E-state index contributed by atoms with van der Waals surface area (Å²) >= 11 is 0. The monoisotopic (exact) mass is 338 g/mol. The number of nitrogens with one attached hydrogen (secondary N) is 1. The van der Waals surface area contributed by atoms with Crippen molar-refractivity contribution < 1.29 is 17.9 Å². The lowest BCUT2D eigenvalue weighted by atomic mass is 9.95. The third-order valence-corrected chi connectivity index (χ3v) is 4.95. The van der Waals surface area contributed by atoms with Gasteiger partial charge in [-0.2, -0.15) is 13.2 Å². The predicted molar refractivity (Wildman–Crippen MR) is 84.6 cm³/mol. The molecule has 0 spiro atoms. The molecule has 4 nitrogen and oxygen atoms in total. The largest absolute Gasteiger partial charge is 0.489 e. The Morgan fingerprint density at radius 2 is 2.08 bits per heavy atom. The maximum Gasteiger partial charge on any atom is 0.414 e. The molecule has 1 unspecified atom stereocenters. The zero-order chi connectivity index (χ0) is 17.1. The molecule has 2 aromatic rings. The molecule has 2 aliphatic rings. The van der Waals surface area contributed by atoms with E-state index < -0.39 is 18.3 Å². The summed E-state index contributed by atoms with van der Waals surface area (Å²) in [4.78, 5) is 15.6. The first-order chi connectivity index (χ1) is 11.3. The van der Waals surface area contributed by atoms with Crippen LogP contribution in [0.2, 0.25) is 0 Å². The molecule has 0 radical (unpaired) electrons. The van der Waals surface area contributed by atoms with Gasteiger partial charge in [-0.05, 0) is 37.8 Å². The number of aromatic amines is 1. The van der Waals surface area contributed by atoms with Gasteiger partial charge < -0.3 is 14.6 Å². The Kier molecular flexibility index (Phi) is 3.14. The number of pyridine rings is 1. The molecule has 4 rings (SSSR count). The summed E-state index contributed by atoms with van der Waals surface area (Å²) in [6, 6.07) is 6.27. The van der Waals surface area contributed by atoms with Gasteiger partial charge in [0.05, 0.1) is 11.2 Å². The molecule has 0 bridgehead atoms. The summed E-state index contributed by atoms with van der Waals surface area (Å²) in [5.74, 6) is 0.677. The van der Waals surface area contributed by atoms with Gasteiger partial charge >= 0.3 is 6.18 Å². The normalized spacial score (nSPS) is 23.9. The number of benzene rings is 1. The Morgan fingerprint density at radius 1 is 1.33 bits per heavy atom. The molecule has 1 aromatic carbocycles. The third-order valence-electron chi connectivity index (χ3n) is 4.95. The highest BCUT2D eigenvalue weighted by molar-refractivity contribution is 5.86. The minimum absolute atomic E-state index is 0.256. The lowest BCUT2D eigenvalue weighted by Crippen LogP contribution is -2.63. The number of ether oxygens (including phenoxy) is 1. The number of anilines is 1. The van der Waals surface area contributed by atoms with Crippen molar-refractivity contribution in [3.63, 3.8) is 0 Å². The first-order valence-electron chi connectivity index (χ1n) is 7.92. The van der Waals surface area contributed by atoms with Crippen LogP contribution in [0.5, 0.6) is 5.75 Å². The van der Waals surface area contributed by atoms with Gasteiger partial charge in [0.1, 0.15) is 12.4 Å². The van der Waals surface area contributed by atoms with Crippen LogP contribution in [-0.4, -0.2) is 29.9 Å². The summed E-state index contributed by atoms with van der Waals surface area (Å²) in [6.45, 7) is 1.09. The number of fused-ring (bicyclic) bond motifs is 2. The minimum Gasteiger partial charge on any atom is -0.489 e. The molecule has 24 heavy (non-hydrogen) atoms. The zero-order valence-corrected chi connectivity index (χ0v) is 13.1. The van der Waals surface area contributed by atoms with Crippen LogP contribution < -0.4 is 15.2 Å². The number of hydrogen-bond acceptors (Lipinski definition) is 3. The second kappa shape index (κ2) is 4.91. The highest BCUT2D eigenvalue weighted by atomic mass is 19.4. The van der Waals surface area contributed by atoms with Gasteiger partial charge in [-0.25, -0.2) is 0 Å². The predicted octanol–water partition coefficient (Wildman–Crippen LogP) is 3.46. The summed E-state index contributed by atoms with van der Waals surface area (Å²) in [7, 11) is 0. The lowest BCUT2D eigenvalue weighted by molar-refractivity contribution is -0.192. The van der Waals surface area contributed by atoms with E-state index in [2.05, 4.69) is 4.98 Å². The fourth-order valence-electron chi connectivity index (χ4n) is 3.15. The van der Waals surface area contributed by atoms with Gasteiger partial charge in [0.25, 0.3) is 0 Å². The Bertz CT molecular complexity index is 857. The van der Waals surface area contributed by atoms with Crippen LogP contribution in [0.1, 0.15) is 19.8 Å². The first-order valence-corrected chi connectivity index (χ1v) is 7.92. The van der Waals surface area contributed by atoms with Crippen LogP contribution in [0.15, 0.2) is 29.1 Å². The highest BCUT2D eigenvalue weighted by Crippen LogP contribution is 2.48. The van der Waals surface area contributed by atoms with E-state index in [4.69, 9.17) is 4.74 Å². The summed E-state index contributed by atoms with van der Waals surface area (Å²) in [5.41, 5.74) is -1.32. The van der Waals surface area contributed by atoms with E-state index in [0.29, 0.717) is 34.8 Å². The van der Waals surface area contributed by atoms with Crippen molar-refractivity contribution in [1.29, 1.82) is 0 Å². The molecule has 2 heterocycles. The van der Waals surface area contributed by atoms with E-state index >= 15 is 0 Å². The van der Waals surface area contributed by atoms with Crippen LogP contribution in [0.3, 0.4) is 0 Å². The maximum absolute atomic E-state index is 13.7. The van der Waals surface area contributed by atoms with Crippen molar-refractivity contribution in [2.45, 2.75) is 31.5 Å². The molecule has 1 aliphatic heterocycles. The first kappa shape index (κ1) is 15.4. The second-order valence-electron chi connectivity index (χ2n) is 6.84. The second-order valence-corrected chi connectivity index (χ2v) is 6.84. The van der Waals surface area contributed by atoms with E-state index in [1.54, 1.807) is 18.2 Å².